The number of pyridine rings is 1. The minimum absolute atomic E-state index is 0.0253. The normalized spacial score (nSPS) is 12.2. The van der Waals surface area contributed by atoms with Gasteiger partial charge in [0.15, 0.2) is 0 Å². The molecule has 3 rings (SSSR count). The van der Waals surface area contributed by atoms with Gasteiger partial charge in [0.25, 0.3) is 0 Å². The molecule has 28 heavy (non-hydrogen) atoms. The number of aromatic nitrogens is 1. The lowest BCUT2D eigenvalue weighted by Gasteiger charge is -2.14. The van der Waals surface area contributed by atoms with E-state index < -0.39 is 32.5 Å². The summed E-state index contributed by atoms with van der Waals surface area (Å²) in [7, 11) is -4.22. The van der Waals surface area contributed by atoms with E-state index in [0.717, 1.165) is 18.2 Å². The Labute approximate surface area is 158 Å². The fourth-order valence-electron chi connectivity index (χ4n) is 2.90. The van der Waals surface area contributed by atoms with Gasteiger partial charge in [-0.1, -0.05) is 18.2 Å². The number of halogens is 4. The predicted molar refractivity (Wildman–Crippen MR) is 96.2 cm³/mol. The highest BCUT2D eigenvalue weighted by Crippen LogP contribution is 2.36. The third-order valence-electron chi connectivity index (χ3n) is 4.16. The number of sulfonamides is 1. The van der Waals surface area contributed by atoms with Crippen molar-refractivity contribution in [2.75, 3.05) is 0 Å². The number of nitrogens with two attached hydrogens (primary N) is 1. The van der Waals surface area contributed by atoms with Crippen molar-refractivity contribution in [3.8, 4) is 22.4 Å². The van der Waals surface area contributed by atoms with E-state index in [4.69, 9.17) is 5.14 Å². The van der Waals surface area contributed by atoms with Gasteiger partial charge >= 0.3 is 6.18 Å². The second-order valence-electron chi connectivity index (χ2n) is 6.12. The van der Waals surface area contributed by atoms with Gasteiger partial charge < -0.3 is 0 Å². The Balaban J connectivity index is 2.13. The topological polar surface area (TPSA) is 73.0 Å². The summed E-state index contributed by atoms with van der Waals surface area (Å²) in [6.07, 6.45) is -3.01. The number of rotatable bonds is 3. The van der Waals surface area contributed by atoms with Gasteiger partial charge in [0.1, 0.15) is 10.7 Å². The van der Waals surface area contributed by atoms with E-state index in [1.807, 2.05) is 0 Å². The molecule has 0 bridgehead atoms. The van der Waals surface area contributed by atoms with E-state index in [-0.39, 0.29) is 5.56 Å². The lowest BCUT2D eigenvalue weighted by Crippen LogP contribution is -2.14. The fourth-order valence-corrected chi connectivity index (χ4v) is 3.48. The van der Waals surface area contributed by atoms with Gasteiger partial charge in [0.2, 0.25) is 10.0 Å². The highest BCUT2D eigenvalue weighted by molar-refractivity contribution is 7.89. The quantitative estimate of drug-likeness (QED) is 0.645. The van der Waals surface area contributed by atoms with Crippen LogP contribution in [0.5, 0.6) is 0 Å². The molecule has 9 heteroatoms. The number of nitrogens with zero attached hydrogens (tertiary/aromatic N) is 1. The van der Waals surface area contributed by atoms with Gasteiger partial charge in [-0.3, -0.25) is 4.98 Å². The third-order valence-corrected chi connectivity index (χ3v) is 5.11. The maximum Gasteiger partial charge on any atom is 0.416 e. The molecule has 3 aromatic rings. The fraction of sp³-hybridized carbons (Fsp3) is 0.105. The highest BCUT2D eigenvalue weighted by atomic mass is 32.2. The molecule has 0 aliphatic rings. The molecule has 0 aliphatic heterocycles. The van der Waals surface area contributed by atoms with Gasteiger partial charge in [-0.15, -0.1) is 0 Å². The van der Waals surface area contributed by atoms with Crippen molar-refractivity contribution in [2.45, 2.75) is 18.0 Å². The van der Waals surface area contributed by atoms with Crippen molar-refractivity contribution in [3.05, 3.63) is 71.7 Å². The summed E-state index contributed by atoms with van der Waals surface area (Å²) >= 11 is 0. The molecule has 0 spiro atoms. The summed E-state index contributed by atoms with van der Waals surface area (Å²) in [5.74, 6) is -1.03. The zero-order chi connectivity index (χ0) is 20.7. The highest BCUT2D eigenvalue weighted by Gasteiger charge is 2.32. The first kappa shape index (κ1) is 20.0. The number of aryl methyl sites for hydroxylation is 1. The Hall–Kier alpha value is -2.78. The van der Waals surface area contributed by atoms with Crippen LogP contribution < -0.4 is 5.14 Å². The molecule has 2 N–H and O–H groups in total. The Morgan fingerprint density at radius 2 is 1.68 bits per heavy atom. The van der Waals surface area contributed by atoms with Crippen molar-refractivity contribution >= 4 is 10.0 Å². The van der Waals surface area contributed by atoms with Crippen LogP contribution >= 0.6 is 0 Å². The standard InChI is InChI=1S/C19H14F4N2O2S/c1-11-9-13(4-6-15(11)19(21,22)23)18-14(3-2-8-25-18)12-5-7-17(16(20)10-12)28(24,26)27/h2-10H,1H3,(H2,24,26,27). The summed E-state index contributed by atoms with van der Waals surface area (Å²) in [5, 5.41) is 4.96. The summed E-state index contributed by atoms with van der Waals surface area (Å²) < 4.78 is 75.9. The SMILES string of the molecule is Cc1cc(-c2ncccc2-c2ccc(S(N)(=O)=O)c(F)c2)ccc1C(F)(F)F. The van der Waals surface area contributed by atoms with Crippen molar-refractivity contribution < 1.29 is 26.0 Å². The predicted octanol–water partition coefficient (Wildman–Crippen LogP) is 4.53. The van der Waals surface area contributed by atoms with E-state index >= 15 is 0 Å². The number of benzene rings is 2. The second-order valence-corrected chi connectivity index (χ2v) is 7.65. The van der Waals surface area contributed by atoms with Crippen LogP contribution in [0.3, 0.4) is 0 Å². The molecule has 0 saturated heterocycles. The number of alkyl halides is 3. The van der Waals surface area contributed by atoms with Gasteiger partial charge in [0.05, 0.1) is 11.3 Å². The molecule has 146 valence electrons. The Morgan fingerprint density at radius 3 is 2.25 bits per heavy atom. The number of hydrogen-bond donors (Lipinski definition) is 1. The number of primary sulfonamides is 1. The zero-order valence-corrected chi connectivity index (χ0v) is 15.3. The molecular formula is C19H14F4N2O2S. The number of hydrogen-bond acceptors (Lipinski definition) is 3. The van der Waals surface area contributed by atoms with E-state index in [0.29, 0.717) is 22.4 Å². The maximum atomic E-state index is 14.2. The third kappa shape index (κ3) is 3.90. The van der Waals surface area contributed by atoms with Crippen LogP contribution in [0.15, 0.2) is 59.6 Å². The van der Waals surface area contributed by atoms with E-state index in [9.17, 15) is 26.0 Å². The second kappa shape index (κ2) is 6.99. The lowest BCUT2D eigenvalue weighted by molar-refractivity contribution is -0.138. The molecule has 1 aromatic heterocycles. The summed E-state index contributed by atoms with van der Waals surface area (Å²) in [6.45, 7) is 1.34. The summed E-state index contributed by atoms with van der Waals surface area (Å²) in [6, 6.07) is 10.2. The zero-order valence-electron chi connectivity index (χ0n) is 14.5. The van der Waals surface area contributed by atoms with E-state index in [2.05, 4.69) is 4.98 Å². The first-order chi connectivity index (χ1) is 13.0. The first-order valence-corrected chi connectivity index (χ1v) is 9.49. The largest absolute Gasteiger partial charge is 0.416 e. The van der Waals surface area contributed by atoms with Crippen molar-refractivity contribution in [1.29, 1.82) is 0 Å². The molecule has 0 unspecified atom stereocenters. The summed E-state index contributed by atoms with van der Waals surface area (Å²) in [5.41, 5.74) is 0.765. The van der Waals surface area contributed by atoms with Crippen molar-refractivity contribution in [1.82, 2.24) is 4.98 Å². The van der Waals surface area contributed by atoms with Crippen LogP contribution in [-0.4, -0.2) is 13.4 Å². The smallest absolute Gasteiger partial charge is 0.256 e. The molecule has 0 amide bonds. The average molecular weight is 410 g/mol. The van der Waals surface area contributed by atoms with Gasteiger partial charge in [-0.2, -0.15) is 13.2 Å². The average Bonchev–Trinajstić information content (AvgIpc) is 2.59. The van der Waals surface area contributed by atoms with Crippen LogP contribution in [0, 0.1) is 12.7 Å². The lowest BCUT2D eigenvalue weighted by atomic mass is 9.96. The van der Waals surface area contributed by atoms with Crippen LogP contribution in [0.2, 0.25) is 0 Å². The molecule has 0 atom stereocenters. The van der Waals surface area contributed by atoms with Crippen LogP contribution in [0.4, 0.5) is 17.6 Å². The molecule has 0 aliphatic carbocycles. The molecule has 2 aromatic carbocycles. The van der Waals surface area contributed by atoms with Gasteiger partial charge in [-0.25, -0.2) is 17.9 Å². The summed E-state index contributed by atoms with van der Waals surface area (Å²) in [4.78, 5) is 3.57. The van der Waals surface area contributed by atoms with Crippen LogP contribution in [-0.2, 0) is 16.2 Å². The van der Waals surface area contributed by atoms with E-state index in [1.54, 1.807) is 12.1 Å². The molecular weight excluding hydrogens is 396 g/mol. The molecule has 0 fully saturated rings. The van der Waals surface area contributed by atoms with Crippen molar-refractivity contribution in [2.24, 2.45) is 5.14 Å². The molecule has 0 saturated carbocycles. The van der Waals surface area contributed by atoms with Crippen molar-refractivity contribution in [3.63, 3.8) is 0 Å². The molecule has 0 radical (unpaired) electrons. The monoisotopic (exact) mass is 410 g/mol. The van der Waals surface area contributed by atoms with Crippen LogP contribution in [0.1, 0.15) is 11.1 Å². The Bertz CT molecular complexity index is 1160. The minimum atomic E-state index is -4.47. The van der Waals surface area contributed by atoms with Gasteiger partial charge in [-0.05, 0) is 48.4 Å². The Kier molecular flexibility index (Phi) is 4.99. The molecule has 4 nitrogen and oxygen atoms in total. The Morgan fingerprint density at radius 1 is 1.00 bits per heavy atom. The minimum Gasteiger partial charge on any atom is -0.256 e. The van der Waals surface area contributed by atoms with Crippen LogP contribution in [0.25, 0.3) is 22.4 Å². The van der Waals surface area contributed by atoms with Gasteiger partial charge in [0, 0.05) is 17.3 Å². The maximum absolute atomic E-state index is 14.2. The molecule has 1 heterocycles. The first-order valence-electron chi connectivity index (χ1n) is 7.94. The van der Waals surface area contributed by atoms with E-state index in [1.165, 1.54) is 31.3 Å².